The highest BCUT2D eigenvalue weighted by atomic mass is 32.1. The number of carboxylic acids is 1. The highest BCUT2D eigenvalue weighted by molar-refractivity contribution is 7.10. The smallest absolute Gasteiger partial charge is 0.328 e. The van der Waals surface area contributed by atoms with Gasteiger partial charge in [0.15, 0.2) is 0 Å². The molecule has 5 heteroatoms. The van der Waals surface area contributed by atoms with Gasteiger partial charge >= 0.3 is 5.97 Å². The first-order valence-corrected chi connectivity index (χ1v) is 7.30. The minimum absolute atomic E-state index is 0.742. The third kappa shape index (κ3) is 4.10. The molecule has 0 aliphatic carbocycles. The molecule has 0 unspecified atom stereocenters. The van der Waals surface area contributed by atoms with E-state index >= 15 is 0 Å². The topological polar surface area (TPSA) is 49.8 Å². The molecule has 1 aromatic heterocycles. The Morgan fingerprint density at radius 2 is 2.19 bits per heavy atom. The van der Waals surface area contributed by atoms with Crippen LogP contribution in [0.3, 0.4) is 0 Å². The standard InChI is InChI=1S/C16H17NO3S/c1-17(14-5-3-4-6-15(14)20-2)10-13-9-12(11-21-13)7-8-16(18)19/h3-9,11H,10H2,1-2H3,(H,18,19). The summed E-state index contributed by atoms with van der Waals surface area (Å²) < 4.78 is 5.36. The van der Waals surface area contributed by atoms with Crippen molar-refractivity contribution in [2.24, 2.45) is 0 Å². The zero-order chi connectivity index (χ0) is 15.2. The molecule has 0 saturated carbocycles. The van der Waals surface area contributed by atoms with Gasteiger partial charge in [0.1, 0.15) is 5.75 Å². The van der Waals surface area contributed by atoms with Crippen LogP contribution in [0, 0.1) is 0 Å². The van der Waals surface area contributed by atoms with E-state index in [0.29, 0.717) is 0 Å². The SMILES string of the molecule is COc1ccccc1N(C)Cc1cc(C=CC(=O)O)cs1. The van der Waals surface area contributed by atoms with Crippen molar-refractivity contribution in [3.8, 4) is 5.75 Å². The van der Waals surface area contributed by atoms with E-state index in [1.165, 1.54) is 0 Å². The van der Waals surface area contributed by atoms with Crippen molar-refractivity contribution < 1.29 is 14.6 Å². The van der Waals surface area contributed by atoms with E-state index < -0.39 is 5.97 Å². The number of hydrogen-bond donors (Lipinski definition) is 1. The lowest BCUT2D eigenvalue weighted by Crippen LogP contribution is -2.16. The summed E-state index contributed by atoms with van der Waals surface area (Å²) in [5.74, 6) is -0.101. The van der Waals surface area contributed by atoms with Gasteiger partial charge in [-0.3, -0.25) is 0 Å². The van der Waals surface area contributed by atoms with E-state index in [4.69, 9.17) is 9.84 Å². The van der Waals surface area contributed by atoms with Crippen LogP contribution in [-0.2, 0) is 11.3 Å². The van der Waals surface area contributed by atoms with E-state index in [0.717, 1.165) is 34.5 Å². The fourth-order valence-electron chi connectivity index (χ4n) is 2.00. The van der Waals surface area contributed by atoms with Crippen LogP contribution in [0.25, 0.3) is 6.08 Å². The monoisotopic (exact) mass is 303 g/mol. The van der Waals surface area contributed by atoms with Crippen LogP contribution in [0.1, 0.15) is 10.4 Å². The fraction of sp³-hybridized carbons (Fsp3) is 0.188. The molecule has 0 saturated heterocycles. The number of rotatable bonds is 6. The molecule has 0 aliphatic heterocycles. The number of anilines is 1. The molecule has 0 spiro atoms. The lowest BCUT2D eigenvalue weighted by atomic mass is 10.2. The summed E-state index contributed by atoms with van der Waals surface area (Å²) in [5, 5.41) is 10.6. The molecule has 0 aliphatic rings. The van der Waals surface area contributed by atoms with Crippen molar-refractivity contribution in [2.75, 3.05) is 19.1 Å². The molecule has 4 nitrogen and oxygen atoms in total. The van der Waals surface area contributed by atoms with Crippen LogP contribution in [0.15, 0.2) is 41.8 Å². The third-order valence-electron chi connectivity index (χ3n) is 2.98. The number of thiophene rings is 1. The summed E-state index contributed by atoms with van der Waals surface area (Å²) in [6.45, 7) is 0.742. The van der Waals surface area contributed by atoms with Gasteiger partial charge in [-0.15, -0.1) is 11.3 Å². The lowest BCUT2D eigenvalue weighted by molar-refractivity contribution is -0.131. The van der Waals surface area contributed by atoms with Crippen LogP contribution in [0.4, 0.5) is 5.69 Å². The van der Waals surface area contributed by atoms with Gasteiger partial charge in [0.2, 0.25) is 0 Å². The second-order valence-corrected chi connectivity index (χ2v) is 5.54. The molecule has 2 rings (SSSR count). The summed E-state index contributed by atoms with van der Waals surface area (Å²) in [4.78, 5) is 13.8. The highest BCUT2D eigenvalue weighted by Crippen LogP contribution is 2.28. The largest absolute Gasteiger partial charge is 0.495 e. The number of carbonyl (C=O) groups is 1. The predicted octanol–water partition coefficient (Wildman–Crippen LogP) is 3.49. The summed E-state index contributed by atoms with van der Waals surface area (Å²) >= 11 is 1.61. The number of ether oxygens (including phenoxy) is 1. The Balaban J connectivity index is 2.09. The van der Waals surface area contributed by atoms with Crippen molar-refractivity contribution in [1.29, 1.82) is 0 Å². The van der Waals surface area contributed by atoms with Crippen LogP contribution < -0.4 is 9.64 Å². The van der Waals surface area contributed by atoms with Gasteiger partial charge in [-0.1, -0.05) is 12.1 Å². The van der Waals surface area contributed by atoms with E-state index in [-0.39, 0.29) is 0 Å². The molecule has 0 fully saturated rings. The molecule has 0 radical (unpaired) electrons. The maximum Gasteiger partial charge on any atom is 0.328 e. The minimum atomic E-state index is -0.936. The average Bonchev–Trinajstić information content (AvgIpc) is 2.92. The Morgan fingerprint density at radius 3 is 2.90 bits per heavy atom. The third-order valence-corrected chi connectivity index (χ3v) is 3.92. The fourth-order valence-corrected chi connectivity index (χ4v) is 2.91. The molecule has 1 aromatic carbocycles. The van der Waals surface area contributed by atoms with Crippen molar-refractivity contribution in [1.82, 2.24) is 0 Å². The quantitative estimate of drug-likeness (QED) is 0.830. The van der Waals surface area contributed by atoms with Crippen LogP contribution in [0.2, 0.25) is 0 Å². The Labute approximate surface area is 127 Å². The zero-order valence-corrected chi connectivity index (χ0v) is 12.8. The van der Waals surface area contributed by atoms with Gasteiger partial charge < -0.3 is 14.7 Å². The molecule has 0 bridgehead atoms. The molecule has 0 atom stereocenters. The van der Waals surface area contributed by atoms with Gasteiger partial charge in [-0.25, -0.2) is 4.79 Å². The minimum Gasteiger partial charge on any atom is -0.495 e. The number of nitrogens with zero attached hydrogens (tertiary/aromatic N) is 1. The van der Waals surface area contributed by atoms with Crippen LogP contribution in [0.5, 0.6) is 5.75 Å². The molecule has 0 amide bonds. The molecule has 1 heterocycles. The maximum absolute atomic E-state index is 10.5. The van der Waals surface area contributed by atoms with Crippen LogP contribution in [-0.4, -0.2) is 25.2 Å². The first-order valence-electron chi connectivity index (χ1n) is 6.42. The second kappa shape index (κ2) is 6.95. The second-order valence-electron chi connectivity index (χ2n) is 4.55. The zero-order valence-electron chi connectivity index (χ0n) is 11.9. The number of benzene rings is 1. The van der Waals surface area contributed by atoms with Crippen molar-refractivity contribution in [2.45, 2.75) is 6.54 Å². The lowest BCUT2D eigenvalue weighted by Gasteiger charge is -2.20. The van der Waals surface area contributed by atoms with Gasteiger partial charge in [-0.05, 0) is 35.2 Å². The van der Waals surface area contributed by atoms with E-state index in [9.17, 15) is 4.79 Å². The Morgan fingerprint density at radius 1 is 1.43 bits per heavy atom. The molecular weight excluding hydrogens is 286 g/mol. The predicted molar refractivity (Wildman–Crippen MR) is 86.1 cm³/mol. The Bertz CT molecular complexity index is 648. The van der Waals surface area contributed by atoms with Gasteiger partial charge in [-0.2, -0.15) is 0 Å². The molecule has 2 aromatic rings. The van der Waals surface area contributed by atoms with E-state index in [1.807, 2.05) is 42.8 Å². The number of hydrogen-bond acceptors (Lipinski definition) is 4. The Hall–Kier alpha value is -2.27. The molecule has 21 heavy (non-hydrogen) atoms. The van der Waals surface area contributed by atoms with E-state index in [1.54, 1.807) is 24.5 Å². The molecular formula is C16H17NO3S. The Kier molecular flexibility index (Phi) is 5.00. The normalized spacial score (nSPS) is 10.8. The summed E-state index contributed by atoms with van der Waals surface area (Å²) in [6.07, 6.45) is 2.75. The number of aliphatic carboxylic acids is 1. The average molecular weight is 303 g/mol. The van der Waals surface area contributed by atoms with Gasteiger partial charge in [0.05, 0.1) is 19.3 Å². The number of para-hydroxylation sites is 2. The van der Waals surface area contributed by atoms with Gasteiger partial charge in [0, 0.05) is 18.0 Å². The summed E-state index contributed by atoms with van der Waals surface area (Å²) in [7, 11) is 3.66. The first kappa shape index (κ1) is 15.1. The highest BCUT2D eigenvalue weighted by Gasteiger charge is 2.09. The summed E-state index contributed by atoms with van der Waals surface area (Å²) in [5.41, 5.74) is 1.93. The van der Waals surface area contributed by atoms with Crippen LogP contribution >= 0.6 is 11.3 Å². The molecule has 110 valence electrons. The van der Waals surface area contributed by atoms with Crippen molar-refractivity contribution in [3.63, 3.8) is 0 Å². The maximum atomic E-state index is 10.5. The van der Waals surface area contributed by atoms with Crippen molar-refractivity contribution in [3.05, 3.63) is 52.2 Å². The van der Waals surface area contributed by atoms with E-state index in [2.05, 4.69) is 4.90 Å². The summed E-state index contributed by atoms with van der Waals surface area (Å²) in [6, 6.07) is 9.86. The van der Waals surface area contributed by atoms with Crippen molar-refractivity contribution >= 4 is 29.1 Å². The first-order chi connectivity index (χ1) is 10.1. The number of carboxylic acid groups (broad SMARTS) is 1. The van der Waals surface area contributed by atoms with Gasteiger partial charge in [0.25, 0.3) is 0 Å². The number of methoxy groups -OCH3 is 1. The molecule has 1 N–H and O–H groups in total.